The van der Waals surface area contributed by atoms with Crippen molar-refractivity contribution in [1.82, 2.24) is 0 Å². The van der Waals surface area contributed by atoms with Crippen LogP contribution in [0.15, 0.2) is 42.5 Å². The second-order valence-electron chi connectivity index (χ2n) is 4.58. The SMILES string of the molecule is CC(C)c1ccc(F)cc1-c1ccc(C#N)cc1. The molecule has 2 aromatic carbocycles. The van der Waals surface area contributed by atoms with Crippen molar-refractivity contribution in [3.05, 3.63) is 59.4 Å². The highest BCUT2D eigenvalue weighted by atomic mass is 19.1. The van der Waals surface area contributed by atoms with Crippen molar-refractivity contribution in [2.45, 2.75) is 19.8 Å². The Balaban J connectivity index is 2.55. The van der Waals surface area contributed by atoms with Gasteiger partial charge in [-0.05, 0) is 46.9 Å². The molecule has 0 atom stereocenters. The van der Waals surface area contributed by atoms with Crippen molar-refractivity contribution < 1.29 is 4.39 Å². The zero-order chi connectivity index (χ0) is 13.1. The van der Waals surface area contributed by atoms with Gasteiger partial charge in [-0.1, -0.05) is 32.0 Å². The summed E-state index contributed by atoms with van der Waals surface area (Å²) in [7, 11) is 0. The Labute approximate surface area is 107 Å². The molecule has 90 valence electrons. The summed E-state index contributed by atoms with van der Waals surface area (Å²) in [5.41, 5.74) is 3.56. The number of nitrogens with zero attached hydrogens (tertiary/aromatic N) is 1. The predicted octanol–water partition coefficient (Wildman–Crippen LogP) is 4.49. The maximum Gasteiger partial charge on any atom is 0.123 e. The lowest BCUT2D eigenvalue weighted by molar-refractivity contribution is 0.627. The molecule has 0 saturated carbocycles. The Morgan fingerprint density at radius 2 is 1.72 bits per heavy atom. The van der Waals surface area contributed by atoms with E-state index in [0.29, 0.717) is 11.5 Å². The molecule has 0 radical (unpaired) electrons. The van der Waals surface area contributed by atoms with Gasteiger partial charge in [-0.15, -0.1) is 0 Å². The molecular weight excluding hydrogens is 225 g/mol. The monoisotopic (exact) mass is 239 g/mol. The summed E-state index contributed by atoms with van der Waals surface area (Å²) in [5.74, 6) is 0.0926. The first-order valence-electron chi connectivity index (χ1n) is 5.92. The molecule has 0 aromatic heterocycles. The second-order valence-corrected chi connectivity index (χ2v) is 4.58. The largest absolute Gasteiger partial charge is 0.207 e. The Kier molecular flexibility index (Phi) is 3.43. The highest BCUT2D eigenvalue weighted by Gasteiger charge is 2.09. The van der Waals surface area contributed by atoms with Gasteiger partial charge in [0.2, 0.25) is 0 Å². The molecule has 0 amide bonds. The lowest BCUT2D eigenvalue weighted by atomic mass is 9.92. The molecule has 1 nitrogen and oxygen atoms in total. The smallest absolute Gasteiger partial charge is 0.123 e. The van der Waals surface area contributed by atoms with Crippen LogP contribution >= 0.6 is 0 Å². The van der Waals surface area contributed by atoms with Gasteiger partial charge in [0.05, 0.1) is 11.6 Å². The van der Waals surface area contributed by atoms with Crippen molar-refractivity contribution in [2.75, 3.05) is 0 Å². The number of nitriles is 1. The van der Waals surface area contributed by atoms with E-state index in [1.165, 1.54) is 6.07 Å². The summed E-state index contributed by atoms with van der Waals surface area (Å²) in [6.45, 7) is 4.17. The van der Waals surface area contributed by atoms with Crippen LogP contribution in [0, 0.1) is 17.1 Å². The molecular formula is C16H14FN. The second kappa shape index (κ2) is 5.01. The maximum atomic E-state index is 13.4. The van der Waals surface area contributed by atoms with Gasteiger partial charge in [-0.2, -0.15) is 5.26 Å². The van der Waals surface area contributed by atoms with E-state index >= 15 is 0 Å². The molecule has 2 rings (SSSR count). The van der Waals surface area contributed by atoms with Crippen molar-refractivity contribution in [3.8, 4) is 17.2 Å². The van der Waals surface area contributed by atoms with Gasteiger partial charge in [-0.25, -0.2) is 4.39 Å². The Bertz CT molecular complexity index is 591. The minimum Gasteiger partial charge on any atom is -0.207 e. The van der Waals surface area contributed by atoms with Gasteiger partial charge in [0.25, 0.3) is 0 Å². The number of rotatable bonds is 2. The van der Waals surface area contributed by atoms with Crippen LogP contribution in [-0.4, -0.2) is 0 Å². The highest BCUT2D eigenvalue weighted by Crippen LogP contribution is 2.30. The first kappa shape index (κ1) is 12.3. The molecule has 0 aliphatic carbocycles. The number of hydrogen-bond donors (Lipinski definition) is 0. The van der Waals surface area contributed by atoms with E-state index in [2.05, 4.69) is 19.9 Å². The topological polar surface area (TPSA) is 23.8 Å². The third kappa shape index (κ3) is 2.41. The minimum absolute atomic E-state index is 0.237. The van der Waals surface area contributed by atoms with E-state index < -0.39 is 0 Å². The standard InChI is InChI=1S/C16H14FN/c1-11(2)15-8-7-14(17)9-16(15)13-5-3-12(10-18)4-6-13/h3-9,11H,1-2H3. The molecule has 2 aromatic rings. The fourth-order valence-corrected chi connectivity index (χ4v) is 2.01. The molecule has 0 N–H and O–H groups in total. The highest BCUT2D eigenvalue weighted by molar-refractivity contribution is 5.68. The number of hydrogen-bond acceptors (Lipinski definition) is 1. The van der Waals surface area contributed by atoms with E-state index in [1.807, 2.05) is 18.2 Å². The zero-order valence-electron chi connectivity index (χ0n) is 10.4. The molecule has 2 heteroatoms. The van der Waals surface area contributed by atoms with E-state index in [0.717, 1.165) is 16.7 Å². The van der Waals surface area contributed by atoms with Gasteiger partial charge in [0, 0.05) is 0 Å². The predicted molar refractivity (Wildman–Crippen MR) is 70.6 cm³/mol. The summed E-state index contributed by atoms with van der Waals surface area (Å²) in [6, 6.07) is 14.2. The van der Waals surface area contributed by atoms with Crippen LogP contribution in [0.2, 0.25) is 0 Å². The zero-order valence-corrected chi connectivity index (χ0v) is 10.4. The lowest BCUT2D eigenvalue weighted by Crippen LogP contribution is -1.93. The molecule has 0 bridgehead atoms. The van der Waals surface area contributed by atoms with Crippen molar-refractivity contribution in [2.24, 2.45) is 0 Å². The maximum absolute atomic E-state index is 13.4. The molecule has 0 spiro atoms. The fraction of sp³-hybridized carbons (Fsp3) is 0.188. The normalized spacial score (nSPS) is 10.4. The number of benzene rings is 2. The van der Waals surface area contributed by atoms with E-state index in [9.17, 15) is 4.39 Å². The van der Waals surface area contributed by atoms with Crippen LogP contribution in [0.4, 0.5) is 4.39 Å². The van der Waals surface area contributed by atoms with Gasteiger partial charge in [-0.3, -0.25) is 0 Å². The number of halogens is 1. The van der Waals surface area contributed by atoms with Gasteiger partial charge in [0.15, 0.2) is 0 Å². The minimum atomic E-state index is -0.237. The van der Waals surface area contributed by atoms with Crippen LogP contribution in [-0.2, 0) is 0 Å². The van der Waals surface area contributed by atoms with Crippen molar-refractivity contribution >= 4 is 0 Å². The van der Waals surface area contributed by atoms with Gasteiger partial charge in [0.1, 0.15) is 5.82 Å². The lowest BCUT2D eigenvalue weighted by Gasteiger charge is -2.13. The summed E-state index contributed by atoms with van der Waals surface area (Å²) in [4.78, 5) is 0. The van der Waals surface area contributed by atoms with Crippen LogP contribution in [0.5, 0.6) is 0 Å². The van der Waals surface area contributed by atoms with Crippen LogP contribution in [0.25, 0.3) is 11.1 Å². The molecule has 0 saturated heterocycles. The van der Waals surface area contributed by atoms with Crippen LogP contribution < -0.4 is 0 Å². The third-order valence-electron chi connectivity index (χ3n) is 2.96. The van der Waals surface area contributed by atoms with Gasteiger partial charge >= 0.3 is 0 Å². The Hall–Kier alpha value is -2.14. The average Bonchev–Trinajstić information content (AvgIpc) is 2.38. The molecule has 0 fully saturated rings. The average molecular weight is 239 g/mol. The molecule has 18 heavy (non-hydrogen) atoms. The molecule has 0 aliphatic heterocycles. The van der Waals surface area contributed by atoms with Crippen molar-refractivity contribution in [3.63, 3.8) is 0 Å². The Morgan fingerprint density at radius 3 is 2.28 bits per heavy atom. The molecule has 0 unspecified atom stereocenters. The van der Waals surface area contributed by atoms with Crippen LogP contribution in [0.1, 0.15) is 30.9 Å². The first-order valence-corrected chi connectivity index (χ1v) is 5.92. The summed E-state index contributed by atoms with van der Waals surface area (Å²) < 4.78 is 13.4. The van der Waals surface area contributed by atoms with Crippen molar-refractivity contribution in [1.29, 1.82) is 5.26 Å². The Morgan fingerprint density at radius 1 is 1.06 bits per heavy atom. The summed E-state index contributed by atoms with van der Waals surface area (Å²) in [6.07, 6.45) is 0. The summed E-state index contributed by atoms with van der Waals surface area (Å²) in [5, 5.41) is 8.78. The first-order chi connectivity index (χ1) is 8.61. The molecule has 0 heterocycles. The molecule has 0 aliphatic rings. The van der Waals surface area contributed by atoms with E-state index in [4.69, 9.17) is 5.26 Å². The van der Waals surface area contributed by atoms with E-state index in [1.54, 1.807) is 18.2 Å². The van der Waals surface area contributed by atoms with E-state index in [-0.39, 0.29) is 5.82 Å². The van der Waals surface area contributed by atoms with Crippen LogP contribution in [0.3, 0.4) is 0 Å². The fourth-order valence-electron chi connectivity index (χ4n) is 2.01. The quantitative estimate of drug-likeness (QED) is 0.757. The van der Waals surface area contributed by atoms with Gasteiger partial charge < -0.3 is 0 Å². The third-order valence-corrected chi connectivity index (χ3v) is 2.96. The summed E-state index contributed by atoms with van der Waals surface area (Å²) >= 11 is 0.